The molecule has 0 radical (unpaired) electrons. The summed E-state index contributed by atoms with van der Waals surface area (Å²) in [7, 11) is 0. The number of carbonyl (C=O) groups is 2. The van der Waals surface area contributed by atoms with Gasteiger partial charge in [-0.3, -0.25) is 24.7 Å². The third-order valence-electron chi connectivity index (χ3n) is 7.38. The van der Waals surface area contributed by atoms with Crippen LogP contribution in [0.4, 0.5) is 10.1 Å². The zero-order chi connectivity index (χ0) is 28.1. The van der Waals surface area contributed by atoms with Gasteiger partial charge >= 0.3 is 0 Å². The molecular formula is C29H23FN8O2S. The minimum Gasteiger partial charge on any atom is -0.335 e. The summed E-state index contributed by atoms with van der Waals surface area (Å²) in [5.41, 5.74) is 3.60. The number of nitrogens with one attached hydrogen (secondary N) is 3. The zero-order valence-corrected chi connectivity index (χ0v) is 22.7. The van der Waals surface area contributed by atoms with Gasteiger partial charge in [-0.25, -0.2) is 14.4 Å². The van der Waals surface area contributed by atoms with Gasteiger partial charge in [0.2, 0.25) is 5.91 Å². The van der Waals surface area contributed by atoms with Crippen LogP contribution in [0.25, 0.3) is 55.3 Å². The molecule has 204 valence electrons. The first-order valence-corrected chi connectivity index (χ1v) is 14.0. The van der Waals surface area contributed by atoms with E-state index >= 15 is 4.39 Å². The molecule has 0 aliphatic heterocycles. The number of pyridine rings is 3. The number of carbonyl (C=O) groups excluding carboxylic acids is 2. The van der Waals surface area contributed by atoms with Crippen LogP contribution in [0.5, 0.6) is 0 Å². The Morgan fingerprint density at radius 2 is 1.93 bits per heavy atom. The Balaban J connectivity index is 1.27. The van der Waals surface area contributed by atoms with Gasteiger partial charge in [0.25, 0.3) is 0 Å². The van der Waals surface area contributed by atoms with Crippen LogP contribution in [0.15, 0.2) is 49.1 Å². The van der Waals surface area contributed by atoms with E-state index in [9.17, 15) is 9.59 Å². The van der Waals surface area contributed by atoms with Crippen molar-refractivity contribution < 1.29 is 14.0 Å². The number of halogens is 1. The van der Waals surface area contributed by atoms with Gasteiger partial charge in [0.1, 0.15) is 11.4 Å². The van der Waals surface area contributed by atoms with Crippen molar-refractivity contribution in [1.29, 1.82) is 0 Å². The largest absolute Gasteiger partial charge is 0.335 e. The summed E-state index contributed by atoms with van der Waals surface area (Å²) >= 11 is 1.38. The minimum atomic E-state index is -0.592. The van der Waals surface area contributed by atoms with Gasteiger partial charge in [-0.2, -0.15) is 5.10 Å². The fourth-order valence-corrected chi connectivity index (χ4v) is 6.25. The lowest BCUT2D eigenvalue weighted by Crippen LogP contribution is -2.20. The number of fused-ring (bicyclic) bond motifs is 2. The Labute approximate surface area is 236 Å². The number of rotatable bonds is 6. The number of anilines is 1. The van der Waals surface area contributed by atoms with Gasteiger partial charge < -0.3 is 10.3 Å². The van der Waals surface area contributed by atoms with Gasteiger partial charge in [-0.15, -0.1) is 11.3 Å². The van der Waals surface area contributed by atoms with Crippen molar-refractivity contribution in [2.75, 3.05) is 5.32 Å². The van der Waals surface area contributed by atoms with E-state index in [1.807, 2.05) is 12.1 Å². The predicted octanol–water partition coefficient (Wildman–Crippen LogP) is 6.16. The number of aromatic amines is 2. The van der Waals surface area contributed by atoms with Crippen molar-refractivity contribution in [3.63, 3.8) is 0 Å². The van der Waals surface area contributed by atoms with Gasteiger partial charge in [0, 0.05) is 34.3 Å². The third-order valence-corrected chi connectivity index (χ3v) is 8.60. The lowest BCUT2D eigenvalue weighted by Gasteiger charge is -2.11. The second-order valence-electron chi connectivity index (χ2n) is 10.1. The molecule has 0 unspecified atom stereocenters. The summed E-state index contributed by atoms with van der Waals surface area (Å²) in [6.45, 7) is 1.53. The quantitative estimate of drug-likeness (QED) is 0.205. The summed E-state index contributed by atoms with van der Waals surface area (Å²) in [5, 5.41) is 10.3. The van der Waals surface area contributed by atoms with Gasteiger partial charge in [-0.1, -0.05) is 12.8 Å². The van der Waals surface area contributed by atoms with Crippen LogP contribution < -0.4 is 5.32 Å². The lowest BCUT2D eigenvalue weighted by molar-refractivity contribution is -0.119. The van der Waals surface area contributed by atoms with Gasteiger partial charge in [-0.05, 0) is 44.0 Å². The smallest absolute Gasteiger partial charge is 0.227 e. The normalized spacial score (nSPS) is 13.8. The van der Waals surface area contributed by atoms with E-state index in [2.05, 4.69) is 40.4 Å². The first-order chi connectivity index (χ1) is 20.0. The molecule has 0 spiro atoms. The molecule has 41 heavy (non-hydrogen) atoms. The monoisotopic (exact) mass is 566 g/mol. The molecule has 6 aromatic rings. The van der Waals surface area contributed by atoms with E-state index < -0.39 is 5.82 Å². The highest BCUT2D eigenvalue weighted by Gasteiger charge is 2.24. The fourth-order valence-electron chi connectivity index (χ4n) is 5.32. The molecule has 0 aromatic carbocycles. The molecule has 10 nitrogen and oxygen atoms in total. The Kier molecular flexibility index (Phi) is 6.11. The van der Waals surface area contributed by atoms with Gasteiger partial charge in [0.15, 0.2) is 23.1 Å². The van der Waals surface area contributed by atoms with Crippen LogP contribution >= 0.6 is 11.3 Å². The van der Waals surface area contributed by atoms with E-state index in [1.54, 1.807) is 24.5 Å². The fraction of sp³-hybridized carbons (Fsp3) is 0.207. The predicted molar refractivity (Wildman–Crippen MR) is 154 cm³/mol. The molecule has 0 saturated heterocycles. The van der Waals surface area contributed by atoms with Crippen LogP contribution in [-0.4, -0.2) is 46.8 Å². The number of thiophene rings is 1. The summed E-state index contributed by atoms with van der Waals surface area (Å²) in [4.78, 5) is 46.8. The Morgan fingerprint density at radius 1 is 1.07 bits per heavy atom. The van der Waals surface area contributed by atoms with Crippen molar-refractivity contribution in [3.8, 4) is 33.2 Å². The summed E-state index contributed by atoms with van der Waals surface area (Å²) < 4.78 is 16.1. The van der Waals surface area contributed by atoms with Crippen LogP contribution in [0, 0.1) is 11.7 Å². The average molecular weight is 567 g/mol. The number of H-pyrrole nitrogens is 2. The Bertz CT molecular complexity index is 1970. The summed E-state index contributed by atoms with van der Waals surface area (Å²) in [6.07, 6.45) is 10.1. The van der Waals surface area contributed by atoms with Crippen molar-refractivity contribution in [1.82, 2.24) is 35.1 Å². The second kappa shape index (κ2) is 9.97. The maximum atomic E-state index is 16.1. The minimum absolute atomic E-state index is 0.00309. The Hall–Kier alpha value is -4.84. The highest BCUT2D eigenvalue weighted by Crippen LogP contribution is 2.36. The summed E-state index contributed by atoms with van der Waals surface area (Å²) in [5.74, 6) is -0.308. The third kappa shape index (κ3) is 4.45. The number of nitrogens with zero attached hydrogens (tertiary/aromatic N) is 5. The SMILES string of the molecule is CC(=O)c1ccc(-c2ccnc3nc(-c4n[nH]c5cnc(-c6cncc(NC(=O)C7CCCC7)c6)c(F)c45)[nH]c23)s1. The highest BCUT2D eigenvalue weighted by molar-refractivity contribution is 7.17. The molecule has 1 aliphatic carbocycles. The number of amides is 1. The van der Waals surface area contributed by atoms with E-state index in [0.717, 1.165) is 36.1 Å². The standard InChI is InChI=1S/C29H23FN8O2S/c1-14(39)20-6-7-21(41-20)18-8-9-32-27-25(18)35-28(36-27)26-22-19(37-38-26)13-33-24(23(22)30)16-10-17(12-31-11-16)34-29(40)15-4-2-3-5-15/h6-13,15H,2-5H2,1H3,(H,34,40)(H,37,38)(H,32,35,36). The van der Waals surface area contributed by atoms with Crippen LogP contribution in [0.1, 0.15) is 42.3 Å². The molecule has 6 heterocycles. The van der Waals surface area contributed by atoms with Crippen molar-refractivity contribution in [3.05, 3.63) is 59.7 Å². The molecule has 3 N–H and O–H groups in total. The first-order valence-electron chi connectivity index (χ1n) is 13.2. The molecule has 1 aliphatic rings. The number of ketones is 1. The van der Waals surface area contributed by atoms with Crippen molar-refractivity contribution in [2.24, 2.45) is 5.92 Å². The van der Waals surface area contributed by atoms with Gasteiger partial charge in [0.05, 0.1) is 39.4 Å². The Morgan fingerprint density at radius 3 is 2.73 bits per heavy atom. The molecule has 12 heteroatoms. The van der Waals surface area contributed by atoms with Crippen LogP contribution in [-0.2, 0) is 4.79 Å². The second-order valence-corrected chi connectivity index (χ2v) is 11.2. The van der Waals surface area contributed by atoms with Crippen molar-refractivity contribution in [2.45, 2.75) is 32.6 Å². The van der Waals surface area contributed by atoms with E-state index in [1.165, 1.54) is 30.7 Å². The van der Waals surface area contributed by atoms with E-state index in [4.69, 9.17) is 0 Å². The molecule has 1 saturated carbocycles. The van der Waals surface area contributed by atoms with Crippen molar-refractivity contribution >= 4 is 50.8 Å². The molecule has 6 aromatic heterocycles. The molecule has 1 fully saturated rings. The number of imidazole rings is 1. The van der Waals surface area contributed by atoms with Crippen LogP contribution in [0.3, 0.4) is 0 Å². The molecule has 1 amide bonds. The maximum Gasteiger partial charge on any atom is 0.227 e. The number of hydrogen-bond acceptors (Lipinski definition) is 8. The lowest BCUT2D eigenvalue weighted by atomic mass is 10.1. The van der Waals surface area contributed by atoms with E-state index in [0.29, 0.717) is 38.6 Å². The molecular weight excluding hydrogens is 543 g/mol. The number of aromatic nitrogens is 7. The highest BCUT2D eigenvalue weighted by atomic mass is 32.1. The topological polar surface area (TPSA) is 142 Å². The first kappa shape index (κ1) is 25.1. The zero-order valence-electron chi connectivity index (χ0n) is 21.9. The maximum absolute atomic E-state index is 16.1. The molecule has 0 bridgehead atoms. The summed E-state index contributed by atoms with van der Waals surface area (Å²) in [6, 6.07) is 7.19. The average Bonchev–Trinajstić information content (AvgIpc) is 3.78. The number of hydrogen-bond donors (Lipinski definition) is 3. The molecule has 0 atom stereocenters. The molecule has 7 rings (SSSR count). The van der Waals surface area contributed by atoms with Crippen LogP contribution in [0.2, 0.25) is 0 Å². The number of Topliss-reactive ketones (excluding diaryl/α,β-unsaturated/α-hetero) is 1. The van der Waals surface area contributed by atoms with E-state index in [-0.39, 0.29) is 34.4 Å².